The van der Waals surface area contributed by atoms with Crippen LogP contribution in [0.2, 0.25) is 0 Å². The highest BCUT2D eigenvalue weighted by Crippen LogP contribution is 2.08. The molecule has 0 saturated carbocycles. The Hall–Kier alpha value is -1.40. The normalized spacial score (nSPS) is 18.4. The maximum atomic E-state index is 5.04. The van der Waals surface area contributed by atoms with E-state index in [0.29, 0.717) is 11.8 Å². The molecule has 1 aromatic heterocycles. The van der Waals surface area contributed by atoms with Crippen LogP contribution in [0.5, 0.6) is 5.88 Å². The lowest BCUT2D eigenvalue weighted by molar-refractivity contribution is 0.178. The minimum atomic E-state index is 0.576. The van der Waals surface area contributed by atoms with Crippen molar-refractivity contribution in [2.24, 2.45) is 0 Å². The molecule has 0 amide bonds. The third kappa shape index (κ3) is 2.80. The number of anilines is 1. The summed E-state index contributed by atoms with van der Waals surface area (Å²) in [5.41, 5.74) is 3.18. The monoisotopic (exact) mass is 223 g/mol. The molecule has 0 radical (unpaired) electrons. The average Bonchev–Trinajstić information content (AvgIpc) is 2.32. The Morgan fingerprint density at radius 3 is 2.75 bits per heavy atom. The lowest BCUT2D eigenvalue weighted by atomic mass is 10.4. The van der Waals surface area contributed by atoms with Crippen LogP contribution >= 0.6 is 0 Å². The first-order valence-electron chi connectivity index (χ1n) is 5.35. The second-order valence-electron chi connectivity index (χ2n) is 3.82. The SMILES string of the molecule is COc1ccnc(NN2CCN(C)CC2)n1. The fourth-order valence-corrected chi connectivity index (χ4v) is 1.57. The van der Waals surface area contributed by atoms with Crippen molar-refractivity contribution in [3.05, 3.63) is 12.3 Å². The molecule has 88 valence electrons. The maximum Gasteiger partial charge on any atom is 0.240 e. The molecule has 0 aromatic carbocycles. The highest BCUT2D eigenvalue weighted by atomic mass is 16.5. The van der Waals surface area contributed by atoms with E-state index in [1.54, 1.807) is 19.4 Å². The number of methoxy groups -OCH3 is 1. The Morgan fingerprint density at radius 1 is 1.31 bits per heavy atom. The second kappa shape index (κ2) is 5.09. The summed E-state index contributed by atoms with van der Waals surface area (Å²) in [5, 5.41) is 2.12. The van der Waals surface area contributed by atoms with Gasteiger partial charge in [0.05, 0.1) is 7.11 Å². The van der Waals surface area contributed by atoms with Gasteiger partial charge in [-0.25, -0.2) is 9.99 Å². The van der Waals surface area contributed by atoms with Crippen LogP contribution in [0.4, 0.5) is 5.95 Å². The van der Waals surface area contributed by atoms with E-state index in [4.69, 9.17) is 4.74 Å². The van der Waals surface area contributed by atoms with Crippen molar-refractivity contribution < 1.29 is 4.74 Å². The number of aromatic nitrogens is 2. The second-order valence-corrected chi connectivity index (χ2v) is 3.82. The van der Waals surface area contributed by atoms with Crippen molar-refractivity contribution in [3.63, 3.8) is 0 Å². The molecule has 1 aliphatic heterocycles. The number of piperazine rings is 1. The van der Waals surface area contributed by atoms with Gasteiger partial charge >= 0.3 is 0 Å². The summed E-state index contributed by atoms with van der Waals surface area (Å²) in [5.74, 6) is 1.16. The summed E-state index contributed by atoms with van der Waals surface area (Å²) in [6.45, 7) is 4.04. The third-order valence-electron chi connectivity index (χ3n) is 2.60. The Balaban J connectivity index is 1.93. The maximum absolute atomic E-state index is 5.04. The minimum Gasteiger partial charge on any atom is -0.481 e. The van der Waals surface area contributed by atoms with Gasteiger partial charge in [0.1, 0.15) is 0 Å². The Bertz CT molecular complexity index is 338. The molecule has 6 heteroatoms. The molecule has 2 rings (SSSR count). The van der Waals surface area contributed by atoms with E-state index in [1.165, 1.54) is 0 Å². The average molecular weight is 223 g/mol. The van der Waals surface area contributed by atoms with E-state index < -0.39 is 0 Å². The number of rotatable bonds is 3. The predicted octanol–water partition coefficient (Wildman–Crippen LogP) is 0.0595. The summed E-state index contributed by atoms with van der Waals surface area (Å²) >= 11 is 0. The quantitative estimate of drug-likeness (QED) is 0.782. The lowest BCUT2D eigenvalue weighted by Gasteiger charge is -2.32. The number of hydrogen-bond acceptors (Lipinski definition) is 6. The Morgan fingerprint density at radius 2 is 2.06 bits per heavy atom. The van der Waals surface area contributed by atoms with Crippen molar-refractivity contribution in [3.8, 4) is 5.88 Å². The van der Waals surface area contributed by atoms with Crippen LogP contribution in [-0.2, 0) is 0 Å². The molecule has 0 atom stereocenters. The van der Waals surface area contributed by atoms with E-state index in [1.807, 2.05) is 0 Å². The van der Waals surface area contributed by atoms with Gasteiger partial charge in [-0.05, 0) is 7.05 Å². The van der Waals surface area contributed by atoms with Crippen LogP contribution in [0.3, 0.4) is 0 Å². The highest BCUT2D eigenvalue weighted by molar-refractivity contribution is 5.26. The van der Waals surface area contributed by atoms with Crippen molar-refractivity contribution in [1.29, 1.82) is 0 Å². The number of nitrogens with zero attached hydrogens (tertiary/aromatic N) is 4. The summed E-state index contributed by atoms with van der Waals surface area (Å²) in [6.07, 6.45) is 1.68. The van der Waals surface area contributed by atoms with Crippen molar-refractivity contribution in [2.45, 2.75) is 0 Å². The molecule has 1 saturated heterocycles. The number of nitrogens with one attached hydrogen (secondary N) is 1. The highest BCUT2D eigenvalue weighted by Gasteiger charge is 2.14. The zero-order valence-electron chi connectivity index (χ0n) is 9.68. The lowest BCUT2D eigenvalue weighted by Crippen LogP contribution is -2.47. The molecule has 0 spiro atoms. The molecule has 1 aliphatic rings. The first kappa shape index (κ1) is 11.1. The van der Waals surface area contributed by atoms with Gasteiger partial charge in [-0.3, -0.25) is 5.43 Å². The molecule has 6 nitrogen and oxygen atoms in total. The molecular weight excluding hydrogens is 206 g/mol. The molecule has 0 unspecified atom stereocenters. The molecule has 16 heavy (non-hydrogen) atoms. The molecule has 0 bridgehead atoms. The van der Waals surface area contributed by atoms with Gasteiger partial charge in [0.15, 0.2) is 0 Å². The fraction of sp³-hybridized carbons (Fsp3) is 0.600. The van der Waals surface area contributed by atoms with E-state index >= 15 is 0 Å². The van der Waals surface area contributed by atoms with Gasteiger partial charge in [-0.2, -0.15) is 4.98 Å². The summed E-state index contributed by atoms with van der Waals surface area (Å²) in [6, 6.07) is 1.73. The third-order valence-corrected chi connectivity index (χ3v) is 2.60. The minimum absolute atomic E-state index is 0.576. The first-order chi connectivity index (χ1) is 7.78. The number of hydrogen-bond donors (Lipinski definition) is 1. The van der Waals surface area contributed by atoms with Gasteiger partial charge in [-0.15, -0.1) is 0 Å². The van der Waals surface area contributed by atoms with Crippen LogP contribution in [0.25, 0.3) is 0 Å². The summed E-state index contributed by atoms with van der Waals surface area (Å²) < 4.78 is 5.04. The van der Waals surface area contributed by atoms with E-state index in [-0.39, 0.29) is 0 Å². The van der Waals surface area contributed by atoms with Crippen molar-refractivity contribution in [2.75, 3.05) is 45.8 Å². The van der Waals surface area contributed by atoms with Crippen molar-refractivity contribution in [1.82, 2.24) is 19.9 Å². The topological polar surface area (TPSA) is 53.5 Å². The van der Waals surface area contributed by atoms with Gasteiger partial charge in [0, 0.05) is 38.4 Å². The Kier molecular flexibility index (Phi) is 3.53. The first-order valence-corrected chi connectivity index (χ1v) is 5.35. The van der Waals surface area contributed by atoms with Crippen LogP contribution in [0.1, 0.15) is 0 Å². The van der Waals surface area contributed by atoms with E-state index in [0.717, 1.165) is 26.2 Å². The van der Waals surface area contributed by atoms with Gasteiger partial charge in [-0.1, -0.05) is 0 Å². The van der Waals surface area contributed by atoms with Gasteiger partial charge in [0.25, 0.3) is 0 Å². The van der Waals surface area contributed by atoms with E-state index in [2.05, 4.69) is 32.4 Å². The molecule has 2 heterocycles. The molecule has 0 aliphatic carbocycles. The zero-order valence-corrected chi connectivity index (χ0v) is 9.68. The van der Waals surface area contributed by atoms with Crippen LogP contribution < -0.4 is 10.2 Å². The number of likely N-dealkylation sites (N-methyl/N-ethyl adjacent to an activating group) is 1. The largest absolute Gasteiger partial charge is 0.481 e. The molecular formula is C10H17N5O. The van der Waals surface area contributed by atoms with Crippen molar-refractivity contribution >= 4 is 5.95 Å². The van der Waals surface area contributed by atoms with Gasteiger partial charge in [0.2, 0.25) is 11.8 Å². The summed E-state index contributed by atoms with van der Waals surface area (Å²) in [4.78, 5) is 10.6. The van der Waals surface area contributed by atoms with Crippen LogP contribution in [0, 0.1) is 0 Å². The zero-order chi connectivity index (χ0) is 11.4. The van der Waals surface area contributed by atoms with E-state index in [9.17, 15) is 0 Å². The molecule has 1 fully saturated rings. The van der Waals surface area contributed by atoms with Crippen LogP contribution in [0.15, 0.2) is 12.3 Å². The Labute approximate surface area is 95.2 Å². The molecule has 1 aromatic rings. The fourth-order valence-electron chi connectivity index (χ4n) is 1.57. The predicted molar refractivity (Wildman–Crippen MR) is 61.3 cm³/mol. The smallest absolute Gasteiger partial charge is 0.240 e. The van der Waals surface area contributed by atoms with Gasteiger partial charge < -0.3 is 9.64 Å². The number of ether oxygens (including phenoxy) is 1. The number of hydrazine groups is 1. The molecule has 1 N–H and O–H groups in total. The summed E-state index contributed by atoms with van der Waals surface area (Å²) in [7, 11) is 3.72. The van der Waals surface area contributed by atoms with Crippen LogP contribution in [-0.4, -0.2) is 60.2 Å². The standard InChI is InChI=1S/C10H17N5O/c1-14-5-7-15(8-6-14)13-10-11-4-3-9(12-10)16-2/h3-4H,5-8H2,1-2H3,(H,11,12,13).